The van der Waals surface area contributed by atoms with Gasteiger partial charge in [0.05, 0.1) is 23.9 Å². The van der Waals surface area contributed by atoms with Gasteiger partial charge in [-0.25, -0.2) is 14.0 Å². The summed E-state index contributed by atoms with van der Waals surface area (Å²) in [5, 5.41) is 2.86. The molecule has 0 aromatic heterocycles. The van der Waals surface area contributed by atoms with Crippen molar-refractivity contribution in [2.45, 2.75) is 19.9 Å². The van der Waals surface area contributed by atoms with Gasteiger partial charge in [-0.3, -0.25) is 4.90 Å². The number of ether oxygens (including phenoxy) is 2. The van der Waals surface area contributed by atoms with Gasteiger partial charge in [0.25, 0.3) is 0 Å². The summed E-state index contributed by atoms with van der Waals surface area (Å²) < 4.78 is 24.1. The third-order valence-corrected chi connectivity index (χ3v) is 4.64. The van der Waals surface area contributed by atoms with Gasteiger partial charge in [-0.2, -0.15) is 0 Å². The van der Waals surface area contributed by atoms with E-state index in [4.69, 9.17) is 9.47 Å². The minimum absolute atomic E-state index is 0.0496. The van der Waals surface area contributed by atoms with Crippen molar-refractivity contribution in [2.75, 3.05) is 20.3 Å². The number of esters is 1. The number of nitrogens with one attached hydrogen (secondary N) is 1. The molecule has 2 aromatic rings. The Morgan fingerprint density at radius 2 is 1.93 bits per heavy atom. The maximum atomic E-state index is 13.1. The normalized spacial score (nSPS) is 16.5. The van der Waals surface area contributed by atoms with E-state index in [0.717, 1.165) is 11.1 Å². The molecule has 0 unspecified atom stereocenters. The molecule has 1 atom stereocenters. The Labute approximate surface area is 168 Å². The van der Waals surface area contributed by atoms with Gasteiger partial charge >= 0.3 is 12.0 Å². The molecule has 0 fully saturated rings. The van der Waals surface area contributed by atoms with Crippen LogP contribution >= 0.6 is 0 Å². The summed E-state index contributed by atoms with van der Waals surface area (Å²) in [7, 11) is 1.56. The number of hydrogen-bond donors (Lipinski definition) is 1. The number of benzene rings is 2. The van der Waals surface area contributed by atoms with Crippen molar-refractivity contribution in [1.82, 2.24) is 10.2 Å². The summed E-state index contributed by atoms with van der Waals surface area (Å²) in [6, 6.07) is 12.1. The molecule has 3 rings (SSSR count). The van der Waals surface area contributed by atoms with Gasteiger partial charge in [0.15, 0.2) is 0 Å². The molecule has 1 aliphatic heterocycles. The van der Waals surface area contributed by atoms with E-state index < -0.39 is 12.0 Å². The van der Waals surface area contributed by atoms with Crippen LogP contribution in [0.1, 0.15) is 24.1 Å². The van der Waals surface area contributed by atoms with Crippen LogP contribution in [0.25, 0.3) is 0 Å². The van der Waals surface area contributed by atoms with Crippen molar-refractivity contribution in [1.29, 1.82) is 0 Å². The molecule has 1 aliphatic rings. The highest BCUT2D eigenvalue weighted by Crippen LogP contribution is 2.31. The highest BCUT2D eigenvalue weighted by molar-refractivity contribution is 5.95. The van der Waals surface area contributed by atoms with Crippen LogP contribution in [0.4, 0.5) is 9.18 Å². The Bertz CT molecular complexity index is 940. The highest BCUT2D eigenvalue weighted by Gasteiger charge is 2.37. The summed E-state index contributed by atoms with van der Waals surface area (Å²) in [5.74, 6) is -0.477. The summed E-state index contributed by atoms with van der Waals surface area (Å²) in [6.45, 7) is 3.81. The predicted octanol–water partition coefficient (Wildman–Crippen LogP) is 3.73. The van der Waals surface area contributed by atoms with Gasteiger partial charge in [0.1, 0.15) is 18.2 Å². The molecule has 1 heterocycles. The van der Waals surface area contributed by atoms with Gasteiger partial charge < -0.3 is 14.8 Å². The molecule has 0 bridgehead atoms. The zero-order valence-electron chi connectivity index (χ0n) is 16.6. The SMILES string of the molecule is CCOC(=O)C1=C(COc2ccc(F)cc2)N(C)C(=O)N[C@@H]1c1cccc(C)c1. The summed E-state index contributed by atoms with van der Waals surface area (Å²) in [4.78, 5) is 26.7. The second kappa shape index (κ2) is 8.77. The monoisotopic (exact) mass is 398 g/mol. The molecular weight excluding hydrogens is 375 g/mol. The van der Waals surface area contributed by atoms with Crippen molar-refractivity contribution in [2.24, 2.45) is 0 Å². The van der Waals surface area contributed by atoms with E-state index >= 15 is 0 Å². The first-order valence-corrected chi connectivity index (χ1v) is 9.30. The molecule has 6 nitrogen and oxygen atoms in total. The van der Waals surface area contributed by atoms with Crippen molar-refractivity contribution in [3.63, 3.8) is 0 Å². The number of amides is 2. The van der Waals surface area contributed by atoms with E-state index in [9.17, 15) is 14.0 Å². The average Bonchev–Trinajstić information content (AvgIpc) is 2.70. The maximum absolute atomic E-state index is 13.1. The predicted molar refractivity (Wildman–Crippen MR) is 106 cm³/mol. The van der Waals surface area contributed by atoms with Crippen molar-refractivity contribution >= 4 is 12.0 Å². The number of hydrogen-bond acceptors (Lipinski definition) is 4. The number of nitrogens with zero attached hydrogens (tertiary/aromatic N) is 1. The van der Waals surface area contributed by atoms with E-state index in [-0.39, 0.29) is 25.1 Å². The highest BCUT2D eigenvalue weighted by atomic mass is 19.1. The molecule has 0 radical (unpaired) electrons. The van der Waals surface area contributed by atoms with Crippen molar-refractivity contribution in [3.05, 3.63) is 76.7 Å². The molecule has 0 aliphatic carbocycles. The van der Waals surface area contributed by atoms with Crippen LogP contribution in [-0.2, 0) is 9.53 Å². The molecule has 7 heteroatoms. The average molecular weight is 398 g/mol. The van der Waals surface area contributed by atoms with E-state index in [1.54, 1.807) is 14.0 Å². The van der Waals surface area contributed by atoms with Gasteiger partial charge in [0.2, 0.25) is 0 Å². The largest absolute Gasteiger partial charge is 0.487 e. The minimum atomic E-state index is -0.663. The second-order valence-electron chi connectivity index (χ2n) is 6.68. The molecular formula is C22H23FN2O4. The fourth-order valence-electron chi connectivity index (χ4n) is 3.16. The molecule has 152 valence electrons. The molecule has 29 heavy (non-hydrogen) atoms. The van der Waals surface area contributed by atoms with Crippen LogP contribution in [-0.4, -0.2) is 37.2 Å². The van der Waals surface area contributed by atoms with Gasteiger partial charge in [-0.1, -0.05) is 29.8 Å². The summed E-state index contributed by atoms with van der Waals surface area (Å²) >= 11 is 0. The first kappa shape index (κ1) is 20.4. The molecule has 0 saturated heterocycles. The van der Waals surface area contributed by atoms with Crippen LogP contribution in [0.2, 0.25) is 0 Å². The van der Waals surface area contributed by atoms with Gasteiger partial charge in [-0.15, -0.1) is 0 Å². The van der Waals surface area contributed by atoms with Crippen LogP contribution in [0.15, 0.2) is 59.8 Å². The number of urea groups is 1. The molecule has 1 N–H and O–H groups in total. The van der Waals surface area contributed by atoms with Crippen LogP contribution < -0.4 is 10.1 Å². The lowest BCUT2D eigenvalue weighted by Crippen LogP contribution is -2.48. The standard InChI is InChI=1S/C22H23FN2O4/c1-4-28-21(26)19-18(13-29-17-10-8-16(23)9-11-17)25(3)22(27)24-20(19)15-7-5-6-14(2)12-15/h5-12,20H,4,13H2,1-3H3,(H,24,27)/t20-/m1/s1. The smallest absolute Gasteiger partial charge is 0.338 e. The van der Waals surface area contributed by atoms with E-state index in [0.29, 0.717) is 17.0 Å². The first-order valence-electron chi connectivity index (χ1n) is 9.30. The summed E-state index contributed by atoms with van der Waals surface area (Å²) in [5.41, 5.74) is 2.47. The molecule has 0 spiro atoms. The Hall–Kier alpha value is -3.35. The minimum Gasteiger partial charge on any atom is -0.487 e. The molecule has 0 saturated carbocycles. The Balaban J connectivity index is 2.02. The third-order valence-electron chi connectivity index (χ3n) is 4.64. The number of aryl methyl sites for hydroxylation is 1. The topological polar surface area (TPSA) is 67.9 Å². The number of halogens is 1. The summed E-state index contributed by atoms with van der Waals surface area (Å²) in [6.07, 6.45) is 0. The van der Waals surface area contributed by atoms with Crippen LogP contribution in [0.3, 0.4) is 0 Å². The quantitative estimate of drug-likeness (QED) is 0.753. The zero-order valence-corrected chi connectivity index (χ0v) is 16.6. The number of carbonyl (C=O) groups excluding carboxylic acids is 2. The van der Waals surface area contributed by atoms with Gasteiger partial charge in [0, 0.05) is 7.05 Å². The molecule has 2 amide bonds. The number of rotatable bonds is 6. The Morgan fingerprint density at radius 3 is 2.59 bits per heavy atom. The van der Waals surface area contributed by atoms with Crippen molar-refractivity contribution < 1.29 is 23.5 Å². The van der Waals surface area contributed by atoms with Crippen LogP contribution in [0.5, 0.6) is 5.75 Å². The Kier molecular flexibility index (Phi) is 6.16. The molecule has 2 aromatic carbocycles. The fraction of sp³-hybridized carbons (Fsp3) is 0.273. The van der Waals surface area contributed by atoms with Crippen LogP contribution in [0, 0.1) is 12.7 Å². The zero-order chi connectivity index (χ0) is 21.0. The van der Waals surface area contributed by atoms with Crippen molar-refractivity contribution in [3.8, 4) is 5.75 Å². The lowest BCUT2D eigenvalue weighted by atomic mass is 9.94. The van der Waals surface area contributed by atoms with E-state index in [1.807, 2.05) is 31.2 Å². The van der Waals surface area contributed by atoms with E-state index in [2.05, 4.69) is 5.32 Å². The fourth-order valence-corrected chi connectivity index (χ4v) is 3.16. The van der Waals surface area contributed by atoms with E-state index in [1.165, 1.54) is 29.2 Å². The Morgan fingerprint density at radius 1 is 1.21 bits per heavy atom. The third kappa shape index (κ3) is 4.56. The first-order chi connectivity index (χ1) is 13.9. The maximum Gasteiger partial charge on any atom is 0.338 e. The lowest BCUT2D eigenvalue weighted by Gasteiger charge is -2.34. The lowest BCUT2D eigenvalue weighted by molar-refractivity contribution is -0.139. The number of carbonyl (C=O) groups is 2. The second-order valence-corrected chi connectivity index (χ2v) is 6.68. The number of likely N-dealkylation sites (N-methyl/N-ethyl adjacent to an activating group) is 1. The van der Waals surface area contributed by atoms with Gasteiger partial charge in [-0.05, 0) is 43.7 Å².